The zero-order valence-corrected chi connectivity index (χ0v) is 11.4. The quantitative estimate of drug-likeness (QED) is 0.655. The van der Waals surface area contributed by atoms with Gasteiger partial charge in [0.05, 0.1) is 0 Å². The van der Waals surface area contributed by atoms with Crippen molar-refractivity contribution in [1.82, 2.24) is 0 Å². The van der Waals surface area contributed by atoms with E-state index in [2.05, 4.69) is 37.3 Å². The average Bonchev–Trinajstić information content (AvgIpc) is 2.42. The third kappa shape index (κ3) is 3.61. The second-order valence-corrected chi connectivity index (χ2v) is 4.06. The van der Waals surface area contributed by atoms with Crippen LogP contribution < -0.4 is 0 Å². The summed E-state index contributed by atoms with van der Waals surface area (Å²) in [4.78, 5) is 0. The highest BCUT2D eigenvalue weighted by atomic mass is 35.5. The Morgan fingerprint density at radius 3 is 1.94 bits per heavy atom. The van der Waals surface area contributed by atoms with Gasteiger partial charge in [-0.15, -0.1) is 0 Å². The summed E-state index contributed by atoms with van der Waals surface area (Å²) in [6, 6.07) is 18.4. The van der Waals surface area contributed by atoms with Crippen molar-refractivity contribution in [2.24, 2.45) is 0 Å². The molecule has 0 aliphatic heterocycles. The second-order valence-electron chi connectivity index (χ2n) is 3.65. The van der Waals surface area contributed by atoms with Crippen LogP contribution in [-0.2, 0) is 0 Å². The first-order valence-electron chi connectivity index (χ1n) is 6.08. The van der Waals surface area contributed by atoms with E-state index in [1.54, 1.807) is 0 Å². The second kappa shape index (κ2) is 7.13. The van der Waals surface area contributed by atoms with Crippen LogP contribution in [0.4, 0.5) is 0 Å². The fourth-order valence-corrected chi connectivity index (χ4v) is 2.05. The summed E-state index contributed by atoms with van der Waals surface area (Å²) in [5, 5.41) is 0.842. The largest absolute Gasteiger partial charge is 0.0840 e. The average molecular weight is 247 g/mol. The van der Waals surface area contributed by atoms with E-state index in [-0.39, 0.29) is 0 Å². The Morgan fingerprint density at radius 1 is 0.824 bits per heavy atom. The van der Waals surface area contributed by atoms with Crippen LogP contribution in [0.15, 0.2) is 54.6 Å². The minimum absolute atomic E-state index is 0.347. The molecule has 0 fully saturated rings. The highest BCUT2D eigenvalue weighted by Gasteiger charge is 2.10. The topological polar surface area (TPSA) is 0 Å². The van der Waals surface area contributed by atoms with E-state index < -0.39 is 0 Å². The molecule has 17 heavy (non-hydrogen) atoms. The smallest absolute Gasteiger partial charge is 0.0444 e. The lowest BCUT2D eigenvalue weighted by molar-refractivity contribution is 0.923. The summed E-state index contributed by atoms with van der Waals surface area (Å²) < 4.78 is 0. The van der Waals surface area contributed by atoms with Crippen LogP contribution in [0.5, 0.6) is 0 Å². The van der Waals surface area contributed by atoms with Gasteiger partial charge in [-0.25, -0.2) is 0 Å². The van der Waals surface area contributed by atoms with Gasteiger partial charge >= 0.3 is 0 Å². The van der Waals surface area contributed by atoms with Gasteiger partial charge in [0.25, 0.3) is 0 Å². The lowest BCUT2D eigenvalue weighted by Crippen LogP contribution is -1.96. The van der Waals surface area contributed by atoms with Crippen LogP contribution in [0, 0.1) is 0 Å². The van der Waals surface area contributed by atoms with E-state index in [1.165, 1.54) is 11.1 Å². The Balaban J connectivity index is 0.000000686. The molecule has 90 valence electrons. The Kier molecular flexibility index (Phi) is 5.79. The third-order valence-electron chi connectivity index (χ3n) is 2.67. The fourth-order valence-electron chi connectivity index (χ4n) is 1.75. The molecule has 1 heteroatoms. The molecule has 2 rings (SSSR count). The molecule has 2 aromatic rings. The maximum Gasteiger partial charge on any atom is 0.0444 e. The first-order valence-corrected chi connectivity index (χ1v) is 6.46. The highest BCUT2D eigenvalue weighted by molar-refractivity contribution is 6.31. The van der Waals surface area contributed by atoms with Crippen molar-refractivity contribution < 1.29 is 0 Å². The molecule has 0 bridgehead atoms. The fraction of sp³-hybridized carbons (Fsp3) is 0.250. The van der Waals surface area contributed by atoms with Crippen molar-refractivity contribution in [3.05, 3.63) is 70.7 Å². The monoisotopic (exact) mass is 246 g/mol. The molecule has 0 radical (unpaired) electrons. The van der Waals surface area contributed by atoms with Crippen molar-refractivity contribution >= 4 is 11.6 Å². The van der Waals surface area contributed by atoms with Crippen molar-refractivity contribution in [3.8, 4) is 0 Å². The molecule has 0 nitrogen and oxygen atoms in total. The molecule has 0 aromatic heterocycles. The molecule has 0 heterocycles. The zero-order valence-electron chi connectivity index (χ0n) is 10.7. The summed E-state index contributed by atoms with van der Waals surface area (Å²) in [6.07, 6.45) is 0. The summed E-state index contributed by atoms with van der Waals surface area (Å²) >= 11 is 6.17. The van der Waals surface area contributed by atoms with Crippen molar-refractivity contribution in [3.63, 3.8) is 0 Å². The molecule has 0 saturated heterocycles. The van der Waals surface area contributed by atoms with Crippen LogP contribution in [0.2, 0.25) is 5.02 Å². The van der Waals surface area contributed by atoms with E-state index in [9.17, 15) is 0 Å². The standard InChI is InChI=1S/C14H13Cl.C2H6/c1-11(12-7-3-2-4-8-12)13-9-5-6-10-14(13)15;1-2/h2-11H,1H3;1-2H3. The minimum Gasteiger partial charge on any atom is -0.0840 e. The predicted molar refractivity (Wildman–Crippen MR) is 76.8 cm³/mol. The van der Waals surface area contributed by atoms with E-state index in [0.29, 0.717) is 5.92 Å². The van der Waals surface area contributed by atoms with Crippen LogP contribution in [0.1, 0.15) is 37.8 Å². The summed E-state index contributed by atoms with van der Waals surface area (Å²) in [5.41, 5.74) is 2.48. The molecule has 0 aliphatic rings. The molecular formula is C16H19Cl. The summed E-state index contributed by atoms with van der Waals surface area (Å²) in [7, 11) is 0. The molecule has 1 atom stereocenters. The third-order valence-corrected chi connectivity index (χ3v) is 3.02. The van der Waals surface area contributed by atoms with Gasteiger partial charge in [-0.2, -0.15) is 0 Å². The van der Waals surface area contributed by atoms with Gasteiger partial charge in [-0.1, -0.05) is 80.9 Å². The number of halogens is 1. The molecule has 0 saturated carbocycles. The Hall–Kier alpha value is -1.27. The number of hydrogen-bond acceptors (Lipinski definition) is 0. The molecular weight excluding hydrogens is 228 g/mol. The van der Waals surface area contributed by atoms with Gasteiger partial charge in [-0.05, 0) is 17.2 Å². The molecule has 0 N–H and O–H groups in total. The van der Waals surface area contributed by atoms with Gasteiger partial charge in [0.2, 0.25) is 0 Å². The van der Waals surface area contributed by atoms with Gasteiger partial charge in [0, 0.05) is 10.9 Å². The van der Waals surface area contributed by atoms with Crippen LogP contribution in [0.3, 0.4) is 0 Å². The Bertz CT molecular complexity index is 434. The predicted octanol–water partition coefficient (Wildman–Crippen LogP) is 5.52. The lowest BCUT2D eigenvalue weighted by atomic mass is 9.93. The maximum atomic E-state index is 6.17. The first kappa shape index (κ1) is 13.8. The first-order chi connectivity index (χ1) is 8.29. The SMILES string of the molecule is CC.CC(c1ccccc1)c1ccccc1Cl. The molecule has 2 aromatic carbocycles. The van der Waals surface area contributed by atoms with Gasteiger partial charge in [0.15, 0.2) is 0 Å². The normalized spacial score (nSPS) is 11.3. The van der Waals surface area contributed by atoms with Gasteiger partial charge < -0.3 is 0 Å². The lowest BCUT2D eigenvalue weighted by Gasteiger charge is -2.13. The van der Waals surface area contributed by atoms with Crippen molar-refractivity contribution in [2.75, 3.05) is 0 Å². The van der Waals surface area contributed by atoms with Crippen LogP contribution >= 0.6 is 11.6 Å². The number of benzene rings is 2. The molecule has 1 unspecified atom stereocenters. The molecule has 0 spiro atoms. The summed E-state index contributed by atoms with van der Waals surface area (Å²) in [6.45, 7) is 6.18. The Morgan fingerprint density at radius 2 is 1.35 bits per heavy atom. The highest BCUT2D eigenvalue weighted by Crippen LogP contribution is 2.29. The zero-order chi connectivity index (χ0) is 12.7. The maximum absolute atomic E-state index is 6.17. The van der Waals surface area contributed by atoms with Crippen LogP contribution in [0.25, 0.3) is 0 Å². The summed E-state index contributed by atoms with van der Waals surface area (Å²) in [5.74, 6) is 0.347. The van der Waals surface area contributed by atoms with Gasteiger partial charge in [-0.3, -0.25) is 0 Å². The van der Waals surface area contributed by atoms with E-state index >= 15 is 0 Å². The van der Waals surface area contributed by atoms with E-state index in [1.807, 2.05) is 38.1 Å². The van der Waals surface area contributed by atoms with E-state index in [4.69, 9.17) is 11.6 Å². The molecule has 0 amide bonds. The van der Waals surface area contributed by atoms with Crippen molar-refractivity contribution in [2.45, 2.75) is 26.7 Å². The minimum atomic E-state index is 0.347. The van der Waals surface area contributed by atoms with E-state index in [0.717, 1.165) is 5.02 Å². The Labute approximate surface area is 109 Å². The molecule has 0 aliphatic carbocycles. The van der Waals surface area contributed by atoms with Gasteiger partial charge in [0.1, 0.15) is 0 Å². The van der Waals surface area contributed by atoms with Crippen LogP contribution in [-0.4, -0.2) is 0 Å². The number of rotatable bonds is 2. The number of hydrogen-bond donors (Lipinski definition) is 0. The van der Waals surface area contributed by atoms with Crippen molar-refractivity contribution in [1.29, 1.82) is 0 Å².